The van der Waals surface area contributed by atoms with Gasteiger partial charge in [-0.05, 0) is 48.7 Å². The number of carbonyl (C=O) groups excluding carboxylic acids is 2. The second kappa shape index (κ2) is 8.10. The minimum atomic E-state index is -0.285. The van der Waals surface area contributed by atoms with E-state index in [4.69, 9.17) is 5.11 Å². The third-order valence-electron chi connectivity index (χ3n) is 3.45. The summed E-state index contributed by atoms with van der Waals surface area (Å²) in [5, 5.41) is 14.5. The van der Waals surface area contributed by atoms with Crippen LogP contribution in [0.2, 0.25) is 0 Å². The van der Waals surface area contributed by atoms with Crippen LogP contribution in [0.15, 0.2) is 48.5 Å². The summed E-state index contributed by atoms with van der Waals surface area (Å²) >= 11 is 0. The van der Waals surface area contributed by atoms with Crippen LogP contribution in [0.5, 0.6) is 0 Å². The van der Waals surface area contributed by atoms with Crippen LogP contribution in [-0.2, 0) is 13.0 Å². The van der Waals surface area contributed by atoms with Crippen LogP contribution in [0.25, 0.3) is 0 Å². The second-order valence-corrected chi connectivity index (χ2v) is 5.24. The van der Waals surface area contributed by atoms with E-state index >= 15 is 0 Å². The van der Waals surface area contributed by atoms with E-state index in [9.17, 15) is 9.59 Å². The number of carbonyl (C=O) groups is 2. The lowest BCUT2D eigenvalue weighted by atomic mass is 10.1. The molecular weight excluding hydrogens is 292 g/mol. The van der Waals surface area contributed by atoms with E-state index in [2.05, 4.69) is 10.6 Å². The van der Waals surface area contributed by atoms with E-state index < -0.39 is 0 Å². The number of aliphatic hydroxyl groups excluding tert-OH is 1. The number of nitrogens with one attached hydrogen (secondary N) is 2. The molecule has 0 aliphatic heterocycles. The van der Waals surface area contributed by atoms with Crippen molar-refractivity contribution in [3.63, 3.8) is 0 Å². The van der Waals surface area contributed by atoms with Crippen LogP contribution in [0.1, 0.15) is 28.4 Å². The van der Waals surface area contributed by atoms with Gasteiger partial charge in [-0.1, -0.05) is 24.3 Å². The summed E-state index contributed by atoms with van der Waals surface area (Å²) < 4.78 is 0. The fourth-order valence-corrected chi connectivity index (χ4v) is 2.10. The van der Waals surface area contributed by atoms with Crippen molar-refractivity contribution in [3.05, 3.63) is 65.2 Å². The first-order valence-corrected chi connectivity index (χ1v) is 7.43. The number of amides is 2. The van der Waals surface area contributed by atoms with Gasteiger partial charge >= 0.3 is 6.03 Å². The molecule has 5 nitrogen and oxygen atoms in total. The molecule has 5 heteroatoms. The molecule has 0 radical (unpaired) electrons. The van der Waals surface area contributed by atoms with Gasteiger partial charge in [0.05, 0.1) is 6.61 Å². The van der Waals surface area contributed by atoms with Gasteiger partial charge in [0.25, 0.3) is 0 Å². The monoisotopic (exact) mass is 312 g/mol. The summed E-state index contributed by atoms with van der Waals surface area (Å²) in [6.45, 7) is 2.04. The minimum Gasteiger partial charge on any atom is -0.392 e. The number of urea groups is 1. The van der Waals surface area contributed by atoms with Crippen LogP contribution in [0.3, 0.4) is 0 Å². The zero-order chi connectivity index (χ0) is 16.7. The number of Topliss-reactive ketones (excluding diaryl/α,β-unsaturated/α-hetero) is 1. The Bertz CT molecular complexity index is 664. The van der Waals surface area contributed by atoms with Crippen molar-refractivity contribution in [2.75, 3.05) is 11.9 Å². The molecule has 23 heavy (non-hydrogen) atoms. The zero-order valence-corrected chi connectivity index (χ0v) is 13.0. The Hall–Kier alpha value is -2.66. The van der Waals surface area contributed by atoms with E-state index in [1.54, 1.807) is 24.3 Å². The number of rotatable bonds is 6. The number of ketones is 1. The lowest BCUT2D eigenvalue weighted by Crippen LogP contribution is -2.30. The topological polar surface area (TPSA) is 78.4 Å². The van der Waals surface area contributed by atoms with Crippen LogP contribution in [0.4, 0.5) is 10.5 Å². The SMILES string of the molecule is CC(=O)c1ccc(NC(=O)NCCc2ccc(CO)cc2)cc1. The largest absolute Gasteiger partial charge is 0.392 e. The summed E-state index contributed by atoms with van der Waals surface area (Å²) in [5.74, 6) is -0.00628. The van der Waals surface area contributed by atoms with Gasteiger partial charge in [0.15, 0.2) is 5.78 Å². The third kappa shape index (κ3) is 5.23. The molecule has 2 aromatic carbocycles. The van der Waals surface area contributed by atoms with E-state index in [1.807, 2.05) is 24.3 Å². The summed E-state index contributed by atoms with van der Waals surface area (Å²) in [5.41, 5.74) is 3.21. The molecule has 0 aliphatic carbocycles. The Morgan fingerprint density at radius 1 is 0.957 bits per heavy atom. The molecular formula is C18H20N2O3. The molecule has 0 spiro atoms. The standard InChI is InChI=1S/C18H20N2O3/c1-13(22)16-6-8-17(9-7-16)20-18(23)19-11-10-14-2-4-15(12-21)5-3-14/h2-9,21H,10-12H2,1H3,(H2,19,20,23). The Kier molecular flexibility index (Phi) is 5.88. The Labute approximate surface area is 135 Å². The smallest absolute Gasteiger partial charge is 0.319 e. The highest BCUT2D eigenvalue weighted by atomic mass is 16.3. The minimum absolute atomic E-state index is 0.00628. The lowest BCUT2D eigenvalue weighted by Gasteiger charge is -2.08. The molecule has 0 saturated carbocycles. The highest BCUT2D eigenvalue weighted by Crippen LogP contribution is 2.10. The normalized spacial score (nSPS) is 10.2. The molecule has 0 bridgehead atoms. The van der Waals surface area contributed by atoms with E-state index in [0.29, 0.717) is 24.2 Å². The fourth-order valence-electron chi connectivity index (χ4n) is 2.10. The lowest BCUT2D eigenvalue weighted by molar-refractivity contribution is 0.101. The average molecular weight is 312 g/mol. The molecule has 0 heterocycles. The van der Waals surface area contributed by atoms with Crippen molar-refractivity contribution < 1.29 is 14.7 Å². The molecule has 120 valence electrons. The molecule has 0 aromatic heterocycles. The zero-order valence-electron chi connectivity index (χ0n) is 13.0. The maximum absolute atomic E-state index is 11.8. The molecule has 3 N–H and O–H groups in total. The summed E-state index contributed by atoms with van der Waals surface area (Å²) in [4.78, 5) is 23.0. The van der Waals surface area contributed by atoms with Gasteiger partial charge in [0.2, 0.25) is 0 Å². The van der Waals surface area contributed by atoms with Crippen LogP contribution in [-0.4, -0.2) is 23.5 Å². The van der Waals surface area contributed by atoms with Crippen molar-refractivity contribution in [3.8, 4) is 0 Å². The van der Waals surface area contributed by atoms with Gasteiger partial charge in [0.1, 0.15) is 0 Å². The van der Waals surface area contributed by atoms with Crippen LogP contribution >= 0.6 is 0 Å². The highest BCUT2D eigenvalue weighted by molar-refractivity contribution is 5.95. The first kappa shape index (κ1) is 16.7. The van der Waals surface area contributed by atoms with Gasteiger partial charge in [-0.2, -0.15) is 0 Å². The third-order valence-corrected chi connectivity index (χ3v) is 3.45. The predicted molar refractivity (Wildman–Crippen MR) is 89.5 cm³/mol. The maximum Gasteiger partial charge on any atom is 0.319 e. The fraction of sp³-hybridized carbons (Fsp3) is 0.222. The van der Waals surface area contributed by atoms with E-state index in [1.165, 1.54) is 6.92 Å². The van der Waals surface area contributed by atoms with Gasteiger partial charge in [-0.25, -0.2) is 4.79 Å². The van der Waals surface area contributed by atoms with Gasteiger partial charge in [-0.15, -0.1) is 0 Å². The van der Waals surface area contributed by atoms with Crippen molar-refractivity contribution in [2.45, 2.75) is 20.0 Å². The van der Waals surface area contributed by atoms with Gasteiger partial charge in [0, 0.05) is 17.8 Å². The summed E-state index contributed by atoms with van der Waals surface area (Å²) in [7, 11) is 0. The second-order valence-electron chi connectivity index (χ2n) is 5.24. The number of aliphatic hydroxyl groups is 1. The Morgan fingerprint density at radius 2 is 1.57 bits per heavy atom. The molecule has 2 rings (SSSR count). The van der Waals surface area contributed by atoms with Crippen molar-refractivity contribution in [2.24, 2.45) is 0 Å². The molecule has 2 aromatic rings. The number of hydrogen-bond donors (Lipinski definition) is 3. The van der Waals surface area contributed by atoms with Crippen LogP contribution < -0.4 is 10.6 Å². The molecule has 2 amide bonds. The molecule has 0 unspecified atom stereocenters. The van der Waals surface area contributed by atoms with E-state index in [0.717, 1.165) is 11.1 Å². The van der Waals surface area contributed by atoms with Crippen molar-refractivity contribution in [1.82, 2.24) is 5.32 Å². The quantitative estimate of drug-likeness (QED) is 0.718. The summed E-state index contributed by atoms with van der Waals surface area (Å²) in [6.07, 6.45) is 0.711. The molecule has 0 fully saturated rings. The summed E-state index contributed by atoms with van der Waals surface area (Å²) in [6, 6.07) is 14.1. The first-order chi connectivity index (χ1) is 11.1. The number of hydrogen-bond acceptors (Lipinski definition) is 3. The van der Waals surface area contributed by atoms with E-state index in [-0.39, 0.29) is 18.4 Å². The van der Waals surface area contributed by atoms with Crippen LogP contribution in [0, 0.1) is 0 Å². The van der Waals surface area contributed by atoms with Gasteiger partial charge < -0.3 is 15.7 Å². The highest BCUT2D eigenvalue weighted by Gasteiger charge is 2.03. The molecule has 0 atom stereocenters. The first-order valence-electron chi connectivity index (χ1n) is 7.43. The Morgan fingerprint density at radius 3 is 2.13 bits per heavy atom. The maximum atomic E-state index is 11.8. The van der Waals surface area contributed by atoms with Gasteiger partial charge in [-0.3, -0.25) is 4.79 Å². The predicted octanol–water partition coefficient (Wildman–Crippen LogP) is 2.75. The Balaban J connectivity index is 1.77. The number of benzene rings is 2. The number of anilines is 1. The molecule has 0 saturated heterocycles. The van der Waals surface area contributed by atoms with Crippen molar-refractivity contribution in [1.29, 1.82) is 0 Å². The molecule has 0 aliphatic rings. The van der Waals surface area contributed by atoms with Crippen molar-refractivity contribution >= 4 is 17.5 Å². The average Bonchev–Trinajstić information content (AvgIpc) is 2.56.